The number of alkyl halides is 1. The molecule has 0 aliphatic rings. The number of carbonyl (C=O) groups excluding carboxylic acids is 1. The molecule has 5 aromatic rings. The molecule has 3 aromatic heterocycles. The van der Waals surface area contributed by atoms with Gasteiger partial charge in [-0.2, -0.15) is 9.78 Å². The highest BCUT2D eigenvalue weighted by Crippen LogP contribution is 2.41. The Hall–Kier alpha value is -3.63. The molecule has 196 valence electrons. The summed E-state index contributed by atoms with van der Waals surface area (Å²) in [5.41, 5.74) is 2.04. The first kappa shape index (κ1) is 26.0. The Morgan fingerprint density at radius 2 is 1.82 bits per heavy atom. The van der Waals surface area contributed by atoms with Crippen molar-refractivity contribution in [3.8, 4) is 27.6 Å². The van der Waals surface area contributed by atoms with Crippen LogP contribution in [0.25, 0.3) is 42.9 Å². The minimum Gasteiger partial charge on any atom is -0.493 e. The molecule has 0 unspecified atom stereocenters. The van der Waals surface area contributed by atoms with Gasteiger partial charge in [0, 0.05) is 21.7 Å². The highest BCUT2D eigenvalue weighted by Gasteiger charge is 2.27. The number of aromatic nitrogens is 3. The molecule has 0 saturated carbocycles. The number of halogens is 1. The number of nitrogens with zero attached hydrogens (tertiary/aromatic N) is 3. The van der Waals surface area contributed by atoms with Crippen LogP contribution in [0, 0.1) is 0 Å². The Morgan fingerprint density at radius 1 is 1.05 bits per heavy atom. The van der Waals surface area contributed by atoms with Crippen LogP contribution >= 0.6 is 27.3 Å². The summed E-state index contributed by atoms with van der Waals surface area (Å²) in [7, 11) is 0. The molecule has 38 heavy (non-hydrogen) atoms. The van der Waals surface area contributed by atoms with Crippen molar-refractivity contribution in [3.05, 3.63) is 60.7 Å². The van der Waals surface area contributed by atoms with E-state index in [0.717, 1.165) is 27.6 Å². The van der Waals surface area contributed by atoms with Crippen LogP contribution in [0.5, 0.6) is 5.75 Å². The number of thiophene rings is 1. The second-order valence-electron chi connectivity index (χ2n) is 9.69. The predicted octanol–water partition coefficient (Wildman–Crippen LogP) is 7.86. The highest BCUT2D eigenvalue weighted by atomic mass is 79.9. The molecule has 0 saturated heterocycles. The lowest BCUT2D eigenvalue weighted by molar-refractivity contribution is 0.0523. The fraction of sp³-hybridized carbons (Fsp3) is 0.250. The van der Waals surface area contributed by atoms with Gasteiger partial charge in [0.2, 0.25) is 0 Å². The number of hydrogen-bond acceptors (Lipinski definition) is 6. The lowest BCUT2D eigenvalue weighted by Gasteiger charge is -2.19. The molecule has 0 radical (unpaired) electrons. The maximum atomic E-state index is 13.2. The zero-order chi connectivity index (χ0) is 27.0. The molecule has 8 nitrogen and oxygen atoms in total. The molecular formula is C28H26BrN3O5S. The van der Waals surface area contributed by atoms with Crippen LogP contribution in [0.2, 0.25) is 0 Å². The van der Waals surface area contributed by atoms with Gasteiger partial charge in [0.1, 0.15) is 17.0 Å². The molecule has 0 atom stereocenters. The molecule has 0 amide bonds. The molecule has 0 bridgehead atoms. The summed E-state index contributed by atoms with van der Waals surface area (Å²) in [5.74, 6) is 0.581. The summed E-state index contributed by atoms with van der Waals surface area (Å²) in [5, 5.41) is 16.4. The van der Waals surface area contributed by atoms with E-state index in [1.807, 2.05) is 48.5 Å². The van der Waals surface area contributed by atoms with Gasteiger partial charge in [0.15, 0.2) is 0 Å². The first-order valence-corrected chi connectivity index (χ1v) is 14.0. The smallest absolute Gasteiger partial charge is 0.435 e. The van der Waals surface area contributed by atoms with Gasteiger partial charge < -0.3 is 14.6 Å². The third-order valence-electron chi connectivity index (χ3n) is 5.74. The third kappa shape index (κ3) is 5.06. The summed E-state index contributed by atoms with van der Waals surface area (Å²) in [6, 6.07) is 18.8. The van der Waals surface area contributed by atoms with Crippen molar-refractivity contribution in [3.63, 3.8) is 0 Å². The van der Waals surface area contributed by atoms with E-state index in [9.17, 15) is 14.7 Å². The first-order chi connectivity index (χ1) is 18.2. The molecule has 5 rings (SSSR count). The molecule has 3 heterocycles. The minimum absolute atomic E-state index is 0.360. The summed E-state index contributed by atoms with van der Waals surface area (Å²) in [6.07, 6.45) is -0.968. The van der Waals surface area contributed by atoms with Crippen molar-refractivity contribution >= 4 is 60.6 Å². The second kappa shape index (κ2) is 10.3. The maximum Gasteiger partial charge on any atom is 0.435 e. The van der Waals surface area contributed by atoms with Gasteiger partial charge in [-0.25, -0.2) is 14.2 Å². The summed E-state index contributed by atoms with van der Waals surface area (Å²) in [4.78, 5) is 26.6. The zero-order valence-electron chi connectivity index (χ0n) is 21.1. The molecule has 0 aliphatic heterocycles. The molecule has 1 N–H and O–H groups in total. The number of fused-ring (bicyclic) bond motifs is 2. The second-order valence-corrected chi connectivity index (χ2v) is 11.5. The summed E-state index contributed by atoms with van der Waals surface area (Å²) < 4.78 is 14.5. The summed E-state index contributed by atoms with van der Waals surface area (Å²) in [6.45, 7) is 5.87. The van der Waals surface area contributed by atoms with Crippen LogP contribution < -0.4 is 4.74 Å². The van der Waals surface area contributed by atoms with Crippen LogP contribution in [-0.4, -0.2) is 49.2 Å². The quantitative estimate of drug-likeness (QED) is 0.158. The van der Waals surface area contributed by atoms with Crippen LogP contribution in [0.15, 0.2) is 60.7 Å². The van der Waals surface area contributed by atoms with Gasteiger partial charge in [-0.05, 0) is 57.0 Å². The van der Waals surface area contributed by atoms with Crippen molar-refractivity contribution in [2.45, 2.75) is 32.8 Å². The predicted molar refractivity (Wildman–Crippen MR) is 153 cm³/mol. The van der Waals surface area contributed by atoms with E-state index < -0.39 is 17.8 Å². The van der Waals surface area contributed by atoms with Gasteiger partial charge in [-0.1, -0.05) is 46.3 Å². The van der Waals surface area contributed by atoms with Gasteiger partial charge in [-0.15, -0.1) is 11.3 Å². The van der Waals surface area contributed by atoms with Crippen molar-refractivity contribution in [1.29, 1.82) is 0 Å². The van der Waals surface area contributed by atoms with E-state index >= 15 is 0 Å². The van der Waals surface area contributed by atoms with E-state index in [0.29, 0.717) is 39.5 Å². The van der Waals surface area contributed by atoms with E-state index in [1.165, 1.54) is 20.6 Å². The largest absolute Gasteiger partial charge is 0.493 e. The SMILES string of the molecule is CC(C)(C)OC(=O)n1nc(-c2cc3ccc(OCCCBr)cc3n2C(=O)O)c2sc(-c3ccccc3)cc21. The topological polar surface area (TPSA) is 95.6 Å². The molecule has 0 aliphatic carbocycles. The van der Waals surface area contributed by atoms with Crippen LogP contribution in [0.4, 0.5) is 9.59 Å². The van der Waals surface area contributed by atoms with Crippen molar-refractivity contribution < 1.29 is 24.2 Å². The van der Waals surface area contributed by atoms with E-state index in [2.05, 4.69) is 21.0 Å². The van der Waals surface area contributed by atoms with Crippen LogP contribution in [0.3, 0.4) is 0 Å². The van der Waals surface area contributed by atoms with E-state index in [-0.39, 0.29) is 0 Å². The van der Waals surface area contributed by atoms with Gasteiger partial charge >= 0.3 is 12.2 Å². The van der Waals surface area contributed by atoms with E-state index in [1.54, 1.807) is 32.9 Å². The van der Waals surface area contributed by atoms with Crippen molar-refractivity contribution in [2.24, 2.45) is 0 Å². The molecule has 0 fully saturated rings. The van der Waals surface area contributed by atoms with Gasteiger partial charge in [0.25, 0.3) is 0 Å². The monoisotopic (exact) mass is 595 g/mol. The zero-order valence-corrected chi connectivity index (χ0v) is 23.5. The average molecular weight is 597 g/mol. The minimum atomic E-state index is -1.16. The first-order valence-electron chi connectivity index (χ1n) is 12.1. The van der Waals surface area contributed by atoms with Crippen molar-refractivity contribution in [2.75, 3.05) is 11.9 Å². The van der Waals surface area contributed by atoms with Gasteiger partial charge in [-0.3, -0.25) is 0 Å². The van der Waals surface area contributed by atoms with Crippen LogP contribution in [0.1, 0.15) is 27.2 Å². The van der Waals surface area contributed by atoms with E-state index in [4.69, 9.17) is 9.47 Å². The number of benzene rings is 2. The Labute approximate surface area is 231 Å². The van der Waals surface area contributed by atoms with Crippen molar-refractivity contribution in [1.82, 2.24) is 14.3 Å². The van der Waals surface area contributed by atoms with Crippen LogP contribution in [-0.2, 0) is 4.74 Å². The Balaban J connectivity index is 1.71. The number of rotatable bonds is 6. The molecule has 10 heteroatoms. The fourth-order valence-electron chi connectivity index (χ4n) is 4.16. The fourth-order valence-corrected chi connectivity index (χ4v) is 5.53. The molecular weight excluding hydrogens is 570 g/mol. The summed E-state index contributed by atoms with van der Waals surface area (Å²) >= 11 is 4.83. The standard InChI is InChI=1S/C28H26BrN3O5S/c1-28(2,3)37-27(35)32-22-16-23(17-8-5-4-6-9-17)38-25(22)24(30-32)21-14-18-10-11-19(36-13-7-12-29)15-20(18)31(21)26(33)34/h4-6,8-11,14-16H,7,12-13H2,1-3H3,(H,33,34). The number of carboxylic acid groups (broad SMARTS) is 1. The third-order valence-corrected chi connectivity index (χ3v) is 7.48. The normalized spacial score (nSPS) is 11.8. The maximum absolute atomic E-state index is 13.2. The lowest BCUT2D eigenvalue weighted by Crippen LogP contribution is -2.27. The molecule has 2 aromatic carbocycles. The Morgan fingerprint density at radius 3 is 2.50 bits per heavy atom. The number of hydrogen-bond donors (Lipinski definition) is 1. The highest BCUT2D eigenvalue weighted by molar-refractivity contribution is 9.09. The Kier molecular flexibility index (Phi) is 7.02. The lowest BCUT2D eigenvalue weighted by atomic mass is 10.2. The molecule has 0 spiro atoms. The Bertz CT molecular complexity index is 1650. The number of carbonyl (C=O) groups is 2. The number of ether oxygens (including phenoxy) is 2. The average Bonchev–Trinajstić information content (AvgIpc) is 3.55. The van der Waals surface area contributed by atoms with Gasteiger partial charge in [0.05, 0.1) is 28.0 Å².